The number of aryl methyl sites for hydroxylation is 1. The molecule has 2 aromatic carbocycles. The van der Waals surface area contributed by atoms with E-state index < -0.39 is 0 Å². The van der Waals surface area contributed by atoms with Gasteiger partial charge >= 0.3 is 0 Å². The molecular formula is C41H67NO3. The van der Waals surface area contributed by atoms with Gasteiger partial charge in [-0.25, -0.2) is 0 Å². The average molecular weight is 622 g/mol. The quantitative estimate of drug-likeness (QED) is 0.206. The Balaban J connectivity index is 2.24. The van der Waals surface area contributed by atoms with Gasteiger partial charge in [-0.2, -0.15) is 0 Å². The van der Waals surface area contributed by atoms with Crippen LogP contribution in [0.1, 0.15) is 176 Å². The van der Waals surface area contributed by atoms with Gasteiger partial charge in [-0.05, 0) is 63.3 Å². The number of ether oxygens (including phenoxy) is 1. The van der Waals surface area contributed by atoms with Gasteiger partial charge in [-0.15, -0.1) is 0 Å². The minimum Gasteiger partial charge on any atom is -0.507 e. The number of anilines is 1. The van der Waals surface area contributed by atoms with Gasteiger partial charge in [0.1, 0.15) is 11.5 Å². The first-order chi connectivity index (χ1) is 20.7. The highest BCUT2D eigenvalue weighted by Gasteiger charge is 2.29. The smallest absolute Gasteiger partial charge is 0.224 e. The van der Waals surface area contributed by atoms with Gasteiger partial charge in [-0.1, -0.05) is 147 Å². The van der Waals surface area contributed by atoms with Crippen LogP contribution in [-0.2, 0) is 32.9 Å². The van der Waals surface area contributed by atoms with E-state index in [1.54, 1.807) is 0 Å². The van der Waals surface area contributed by atoms with Crippen LogP contribution < -0.4 is 10.1 Å². The van der Waals surface area contributed by atoms with Gasteiger partial charge in [0.2, 0.25) is 5.91 Å². The monoisotopic (exact) mass is 622 g/mol. The van der Waals surface area contributed by atoms with Crippen molar-refractivity contribution in [1.82, 2.24) is 0 Å². The van der Waals surface area contributed by atoms with Crippen LogP contribution in [0, 0.1) is 0 Å². The number of nitrogens with one attached hydrogen (secondary N) is 1. The number of phenols is 1. The maximum Gasteiger partial charge on any atom is 0.224 e. The van der Waals surface area contributed by atoms with Gasteiger partial charge in [0.05, 0.1) is 6.61 Å². The Kier molecular flexibility index (Phi) is 13.6. The predicted molar refractivity (Wildman–Crippen MR) is 194 cm³/mol. The molecule has 0 fully saturated rings. The molecule has 0 heterocycles. The molecule has 0 aliphatic rings. The van der Waals surface area contributed by atoms with Crippen molar-refractivity contribution in [2.45, 2.75) is 176 Å². The van der Waals surface area contributed by atoms with Gasteiger partial charge < -0.3 is 15.2 Å². The summed E-state index contributed by atoms with van der Waals surface area (Å²) >= 11 is 0. The second-order valence-corrected chi connectivity index (χ2v) is 17.3. The van der Waals surface area contributed by atoms with E-state index >= 15 is 0 Å². The third-order valence-corrected chi connectivity index (χ3v) is 8.66. The molecular weight excluding hydrogens is 554 g/mol. The number of phenolic OH excluding ortho intramolecular Hbond substituents is 1. The lowest BCUT2D eigenvalue weighted by atomic mass is 9.78. The first-order valence-corrected chi connectivity index (χ1v) is 17.6. The second-order valence-electron chi connectivity index (χ2n) is 17.3. The standard InChI is InChI=1S/C41H67NO3/c1-14-15-16-17-18-19-20-21-24-45-37-33(40(8,9)10)27-30(28-34(37)41(11,12)13)42-35(43)23-22-29-25-31(38(2,3)4)36(44)32(26-29)39(5,6)7/h25-28,44H,14-24H2,1-13H3,(H,42,43). The number of aromatic hydroxyl groups is 1. The average Bonchev–Trinajstić information content (AvgIpc) is 2.89. The van der Waals surface area contributed by atoms with Crippen LogP contribution in [0.5, 0.6) is 11.5 Å². The highest BCUT2D eigenvalue weighted by atomic mass is 16.5. The molecule has 4 nitrogen and oxygen atoms in total. The molecule has 2 N–H and O–H groups in total. The van der Waals surface area contributed by atoms with E-state index in [1.165, 1.54) is 44.9 Å². The summed E-state index contributed by atoms with van der Waals surface area (Å²) in [6.07, 6.45) is 11.2. The summed E-state index contributed by atoms with van der Waals surface area (Å²) < 4.78 is 6.59. The Hall–Kier alpha value is -2.49. The molecule has 0 saturated carbocycles. The highest BCUT2D eigenvalue weighted by Crippen LogP contribution is 2.43. The Morgan fingerprint density at radius 3 is 1.49 bits per heavy atom. The molecule has 45 heavy (non-hydrogen) atoms. The molecule has 2 aromatic rings. The number of rotatable bonds is 14. The van der Waals surface area contributed by atoms with Crippen molar-refractivity contribution in [3.8, 4) is 11.5 Å². The van der Waals surface area contributed by atoms with Crippen molar-refractivity contribution in [2.24, 2.45) is 0 Å². The Labute approximate surface area is 277 Å². The fourth-order valence-electron chi connectivity index (χ4n) is 5.84. The van der Waals surface area contributed by atoms with Crippen LogP contribution in [0.15, 0.2) is 24.3 Å². The van der Waals surface area contributed by atoms with E-state index in [-0.39, 0.29) is 27.6 Å². The summed E-state index contributed by atoms with van der Waals surface area (Å²) in [5.74, 6) is 1.34. The number of hydrogen-bond donors (Lipinski definition) is 2. The molecule has 0 aliphatic carbocycles. The van der Waals surface area contributed by atoms with E-state index in [9.17, 15) is 9.90 Å². The second kappa shape index (κ2) is 15.9. The molecule has 2 rings (SSSR count). The fourth-order valence-corrected chi connectivity index (χ4v) is 5.84. The Morgan fingerprint density at radius 2 is 1.07 bits per heavy atom. The largest absolute Gasteiger partial charge is 0.507 e. The first kappa shape index (κ1) is 38.7. The summed E-state index contributed by atoms with van der Waals surface area (Å²) in [5, 5.41) is 14.3. The van der Waals surface area contributed by atoms with Crippen molar-refractivity contribution in [1.29, 1.82) is 0 Å². The zero-order chi connectivity index (χ0) is 34.2. The fraction of sp³-hybridized carbons (Fsp3) is 0.683. The number of carbonyl (C=O) groups is 1. The third-order valence-electron chi connectivity index (χ3n) is 8.66. The third kappa shape index (κ3) is 12.0. The first-order valence-electron chi connectivity index (χ1n) is 17.6. The molecule has 0 aliphatic heterocycles. The summed E-state index contributed by atoms with van der Waals surface area (Å²) in [6.45, 7) is 29.0. The number of unbranched alkanes of at least 4 members (excludes halogenated alkanes) is 7. The number of benzene rings is 2. The lowest BCUT2D eigenvalue weighted by molar-refractivity contribution is -0.116. The maximum atomic E-state index is 13.4. The maximum absolute atomic E-state index is 13.4. The Bertz CT molecular complexity index is 1180. The SMILES string of the molecule is CCCCCCCCCCOc1c(C(C)(C)C)cc(NC(=O)CCc2cc(C(C)(C)C)c(O)c(C(C)(C)C)c2)cc1C(C)(C)C. The molecule has 0 bridgehead atoms. The van der Waals surface area contributed by atoms with Crippen molar-refractivity contribution in [2.75, 3.05) is 11.9 Å². The zero-order valence-electron chi connectivity index (χ0n) is 31.4. The lowest BCUT2D eigenvalue weighted by Gasteiger charge is -2.31. The van der Waals surface area contributed by atoms with Crippen LogP contribution in [0.25, 0.3) is 0 Å². The molecule has 0 radical (unpaired) electrons. The van der Waals surface area contributed by atoms with Crippen molar-refractivity contribution >= 4 is 11.6 Å². The molecule has 254 valence electrons. The molecule has 0 saturated heterocycles. The summed E-state index contributed by atoms with van der Waals surface area (Å²) in [6, 6.07) is 8.39. The molecule has 1 amide bonds. The van der Waals surface area contributed by atoms with Crippen LogP contribution in [0.3, 0.4) is 0 Å². The number of carbonyl (C=O) groups excluding carboxylic acids is 1. The van der Waals surface area contributed by atoms with Gasteiger partial charge in [-0.3, -0.25) is 4.79 Å². The molecule has 0 aromatic heterocycles. The van der Waals surface area contributed by atoms with E-state index in [0.717, 1.165) is 45.7 Å². The summed E-state index contributed by atoms with van der Waals surface area (Å²) in [5.41, 5.74) is 5.33. The van der Waals surface area contributed by atoms with Gasteiger partial charge in [0.15, 0.2) is 0 Å². The number of amides is 1. The Morgan fingerprint density at radius 1 is 0.644 bits per heavy atom. The molecule has 0 unspecified atom stereocenters. The van der Waals surface area contributed by atoms with Crippen LogP contribution in [0.4, 0.5) is 5.69 Å². The van der Waals surface area contributed by atoms with E-state index in [1.807, 2.05) is 0 Å². The summed E-state index contributed by atoms with van der Waals surface area (Å²) in [4.78, 5) is 13.4. The molecule has 0 spiro atoms. The zero-order valence-corrected chi connectivity index (χ0v) is 31.4. The summed E-state index contributed by atoms with van der Waals surface area (Å²) in [7, 11) is 0. The van der Waals surface area contributed by atoms with E-state index in [4.69, 9.17) is 4.74 Å². The lowest BCUT2D eigenvalue weighted by Crippen LogP contribution is -2.22. The minimum absolute atomic E-state index is 0.00924. The van der Waals surface area contributed by atoms with Crippen molar-refractivity contribution in [3.05, 3.63) is 52.1 Å². The van der Waals surface area contributed by atoms with Gasteiger partial charge in [0, 0.05) is 23.2 Å². The van der Waals surface area contributed by atoms with Crippen molar-refractivity contribution in [3.63, 3.8) is 0 Å². The molecule has 0 atom stereocenters. The predicted octanol–water partition coefficient (Wildman–Crippen LogP) is 11.7. The highest BCUT2D eigenvalue weighted by molar-refractivity contribution is 5.91. The van der Waals surface area contributed by atoms with E-state index in [0.29, 0.717) is 25.2 Å². The minimum atomic E-state index is -0.201. The van der Waals surface area contributed by atoms with Crippen LogP contribution in [-0.4, -0.2) is 17.6 Å². The van der Waals surface area contributed by atoms with Crippen LogP contribution >= 0.6 is 0 Å². The molecule has 4 heteroatoms. The topological polar surface area (TPSA) is 58.6 Å². The normalized spacial score (nSPS) is 12.8. The van der Waals surface area contributed by atoms with Crippen molar-refractivity contribution < 1.29 is 14.6 Å². The van der Waals surface area contributed by atoms with Crippen LogP contribution in [0.2, 0.25) is 0 Å². The van der Waals surface area contributed by atoms with Gasteiger partial charge in [0.25, 0.3) is 0 Å². The van der Waals surface area contributed by atoms with E-state index in [2.05, 4.69) is 120 Å². The number of hydrogen-bond acceptors (Lipinski definition) is 3.